The molecule has 0 saturated heterocycles. The number of ether oxygens (including phenoxy) is 1. The van der Waals surface area contributed by atoms with Crippen LogP contribution < -0.4 is 10.5 Å². The fourth-order valence-electron chi connectivity index (χ4n) is 1.77. The fourth-order valence-corrected chi connectivity index (χ4v) is 1.93. The molecule has 0 aliphatic heterocycles. The first-order valence-electron chi connectivity index (χ1n) is 5.84. The predicted octanol–water partition coefficient (Wildman–Crippen LogP) is 4.37. The Bertz CT molecular complexity index is 554. The number of rotatable bonds is 3. The van der Waals surface area contributed by atoms with Gasteiger partial charge in [-0.15, -0.1) is 0 Å². The van der Waals surface area contributed by atoms with Crippen LogP contribution in [0.15, 0.2) is 42.5 Å². The van der Waals surface area contributed by atoms with Crippen LogP contribution in [0.1, 0.15) is 24.2 Å². The zero-order chi connectivity index (χ0) is 13.1. The average Bonchev–Trinajstić information content (AvgIpc) is 2.34. The first kappa shape index (κ1) is 12.8. The Labute approximate surface area is 112 Å². The monoisotopic (exact) mass is 261 g/mol. The average molecular weight is 262 g/mol. The van der Waals surface area contributed by atoms with Crippen molar-refractivity contribution in [3.63, 3.8) is 0 Å². The van der Waals surface area contributed by atoms with Crippen molar-refractivity contribution in [3.05, 3.63) is 58.6 Å². The maximum atomic E-state index is 5.97. The second-order valence-electron chi connectivity index (χ2n) is 4.34. The minimum atomic E-state index is -0.0642. The molecule has 1 unspecified atom stereocenters. The van der Waals surface area contributed by atoms with Gasteiger partial charge in [0.15, 0.2) is 0 Å². The van der Waals surface area contributed by atoms with Gasteiger partial charge in [0, 0.05) is 10.7 Å². The van der Waals surface area contributed by atoms with E-state index in [0.717, 1.165) is 22.6 Å². The van der Waals surface area contributed by atoms with E-state index in [1.807, 2.05) is 56.3 Å². The SMILES string of the molecule is Cc1ccc(Cl)cc1OC(C)c1cccc(N)c1. The normalized spacial score (nSPS) is 12.2. The minimum Gasteiger partial charge on any atom is -0.486 e. The molecule has 2 N–H and O–H groups in total. The summed E-state index contributed by atoms with van der Waals surface area (Å²) in [5.74, 6) is 0.803. The van der Waals surface area contributed by atoms with E-state index >= 15 is 0 Å². The molecule has 0 aliphatic rings. The number of hydrogen-bond donors (Lipinski definition) is 1. The van der Waals surface area contributed by atoms with Crippen molar-refractivity contribution in [2.75, 3.05) is 5.73 Å². The van der Waals surface area contributed by atoms with Gasteiger partial charge in [-0.1, -0.05) is 29.8 Å². The van der Waals surface area contributed by atoms with E-state index in [1.54, 1.807) is 0 Å². The van der Waals surface area contributed by atoms with E-state index in [0.29, 0.717) is 5.02 Å². The third-order valence-corrected chi connectivity index (χ3v) is 3.07. The first-order valence-corrected chi connectivity index (χ1v) is 6.22. The number of nitrogens with two attached hydrogens (primary N) is 1. The molecule has 0 heterocycles. The van der Waals surface area contributed by atoms with Gasteiger partial charge in [0.05, 0.1) is 0 Å². The van der Waals surface area contributed by atoms with Crippen LogP contribution in [0.4, 0.5) is 5.69 Å². The molecular formula is C15H16ClNO. The third-order valence-electron chi connectivity index (χ3n) is 2.83. The molecule has 2 nitrogen and oxygen atoms in total. The van der Waals surface area contributed by atoms with Crippen molar-refractivity contribution in [1.29, 1.82) is 0 Å². The number of anilines is 1. The summed E-state index contributed by atoms with van der Waals surface area (Å²) >= 11 is 5.97. The van der Waals surface area contributed by atoms with Crippen molar-refractivity contribution in [2.24, 2.45) is 0 Å². The lowest BCUT2D eigenvalue weighted by Gasteiger charge is -2.17. The van der Waals surface area contributed by atoms with Gasteiger partial charge in [0.1, 0.15) is 11.9 Å². The van der Waals surface area contributed by atoms with Crippen LogP contribution in [0.25, 0.3) is 0 Å². The molecule has 2 rings (SSSR count). The fraction of sp³-hybridized carbons (Fsp3) is 0.200. The third kappa shape index (κ3) is 2.96. The quantitative estimate of drug-likeness (QED) is 0.833. The van der Waals surface area contributed by atoms with Crippen LogP contribution in [0.5, 0.6) is 5.75 Å². The van der Waals surface area contributed by atoms with Crippen molar-refractivity contribution < 1.29 is 4.74 Å². The zero-order valence-electron chi connectivity index (χ0n) is 10.5. The molecule has 0 spiro atoms. The number of nitrogen functional groups attached to an aromatic ring is 1. The topological polar surface area (TPSA) is 35.2 Å². The van der Waals surface area contributed by atoms with Crippen molar-refractivity contribution in [2.45, 2.75) is 20.0 Å². The number of benzene rings is 2. The molecule has 2 aromatic rings. The molecule has 0 fully saturated rings. The second-order valence-corrected chi connectivity index (χ2v) is 4.78. The lowest BCUT2D eigenvalue weighted by atomic mass is 10.1. The summed E-state index contributed by atoms with van der Waals surface area (Å²) in [7, 11) is 0. The molecule has 0 aliphatic carbocycles. The molecule has 2 aromatic carbocycles. The van der Waals surface area contributed by atoms with Crippen LogP contribution in [0.2, 0.25) is 5.02 Å². The molecular weight excluding hydrogens is 246 g/mol. The maximum absolute atomic E-state index is 5.97. The van der Waals surface area contributed by atoms with E-state index in [2.05, 4.69) is 0 Å². The van der Waals surface area contributed by atoms with E-state index < -0.39 is 0 Å². The Morgan fingerprint density at radius 1 is 1.17 bits per heavy atom. The Morgan fingerprint density at radius 2 is 1.94 bits per heavy atom. The highest BCUT2D eigenvalue weighted by atomic mass is 35.5. The van der Waals surface area contributed by atoms with Gasteiger partial charge < -0.3 is 10.5 Å². The van der Waals surface area contributed by atoms with Crippen LogP contribution in [0.3, 0.4) is 0 Å². The maximum Gasteiger partial charge on any atom is 0.124 e. The standard InChI is InChI=1S/C15H16ClNO/c1-10-6-7-13(16)9-15(10)18-11(2)12-4-3-5-14(17)8-12/h3-9,11H,17H2,1-2H3. The summed E-state index contributed by atoms with van der Waals surface area (Å²) in [6.45, 7) is 3.99. The smallest absolute Gasteiger partial charge is 0.124 e. The van der Waals surface area contributed by atoms with E-state index in [9.17, 15) is 0 Å². The van der Waals surface area contributed by atoms with Gasteiger partial charge in [0.25, 0.3) is 0 Å². The van der Waals surface area contributed by atoms with Crippen molar-refractivity contribution in [1.82, 2.24) is 0 Å². The number of hydrogen-bond acceptors (Lipinski definition) is 2. The van der Waals surface area contributed by atoms with E-state index in [-0.39, 0.29) is 6.10 Å². The Kier molecular flexibility index (Phi) is 3.78. The highest BCUT2D eigenvalue weighted by Crippen LogP contribution is 2.28. The molecule has 0 saturated carbocycles. The van der Waals surface area contributed by atoms with Crippen molar-refractivity contribution >= 4 is 17.3 Å². The minimum absolute atomic E-state index is 0.0642. The number of halogens is 1. The predicted molar refractivity (Wildman–Crippen MR) is 76.1 cm³/mol. The molecule has 0 bridgehead atoms. The Morgan fingerprint density at radius 3 is 2.67 bits per heavy atom. The summed E-state index contributed by atoms with van der Waals surface area (Å²) in [4.78, 5) is 0. The molecule has 0 aromatic heterocycles. The van der Waals surface area contributed by atoms with Gasteiger partial charge in [-0.25, -0.2) is 0 Å². The lowest BCUT2D eigenvalue weighted by molar-refractivity contribution is 0.225. The molecule has 18 heavy (non-hydrogen) atoms. The van der Waals surface area contributed by atoms with E-state index in [4.69, 9.17) is 22.1 Å². The summed E-state index contributed by atoms with van der Waals surface area (Å²) in [6, 6.07) is 13.3. The van der Waals surface area contributed by atoms with Crippen molar-refractivity contribution in [3.8, 4) is 5.75 Å². The van der Waals surface area contributed by atoms with Crippen LogP contribution in [-0.2, 0) is 0 Å². The van der Waals surface area contributed by atoms with Gasteiger partial charge in [-0.05, 0) is 49.2 Å². The summed E-state index contributed by atoms with van der Waals surface area (Å²) in [5, 5.41) is 0.676. The molecule has 0 amide bonds. The van der Waals surface area contributed by atoms with Crippen LogP contribution in [0, 0.1) is 6.92 Å². The van der Waals surface area contributed by atoms with Crippen LogP contribution >= 0.6 is 11.6 Å². The largest absolute Gasteiger partial charge is 0.486 e. The van der Waals surface area contributed by atoms with Gasteiger partial charge >= 0.3 is 0 Å². The molecule has 94 valence electrons. The van der Waals surface area contributed by atoms with Gasteiger partial charge in [-0.2, -0.15) is 0 Å². The summed E-state index contributed by atoms with van der Waals surface area (Å²) < 4.78 is 5.93. The highest BCUT2D eigenvalue weighted by molar-refractivity contribution is 6.30. The zero-order valence-corrected chi connectivity index (χ0v) is 11.2. The van der Waals surface area contributed by atoms with Gasteiger partial charge in [-0.3, -0.25) is 0 Å². The lowest BCUT2D eigenvalue weighted by Crippen LogP contribution is -2.04. The molecule has 1 atom stereocenters. The van der Waals surface area contributed by atoms with E-state index in [1.165, 1.54) is 0 Å². The molecule has 0 radical (unpaired) electrons. The second kappa shape index (κ2) is 5.32. The van der Waals surface area contributed by atoms with Crippen LogP contribution in [-0.4, -0.2) is 0 Å². The molecule has 3 heteroatoms. The highest BCUT2D eigenvalue weighted by Gasteiger charge is 2.09. The summed E-state index contributed by atoms with van der Waals surface area (Å²) in [6.07, 6.45) is -0.0642. The number of aryl methyl sites for hydroxylation is 1. The first-order chi connectivity index (χ1) is 8.56. The Balaban J connectivity index is 2.21. The van der Waals surface area contributed by atoms with Gasteiger partial charge in [0.2, 0.25) is 0 Å². The summed E-state index contributed by atoms with van der Waals surface area (Å²) in [5.41, 5.74) is 8.62. The Hall–Kier alpha value is -1.67.